The first-order valence-electron chi connectivity index (χ1n) is 10.6. The third-order valence-electron chi connectivity index (χ3n) is 6.68. The van der Waals surface area contributed by atoms with E-state index in [9.17, 15) is 18.4 Å². The van der Waals surface area contributed by atoms with Gasteiger partial charge in [-0.1, -0.05) is 0 Å². The third-order valence-corrected chi connectivity index (χ3v) is 6.68. The Labute approximate surface area is 178 Å². The number of likely N-dealkylation sites (tertiary alicyclic amines) is 1. The summed E-state index contributed by atoms with van der Waals surface area (Å²) in [5.41, 5.74) is 0.710. The number of pyridine rings is 1. The first-order valence-corrected chi connectivity index (χ1v) is 10.6. The number of amides is 2. The molecule has 5 rings (SSSR count). The first-order chi connectivity index (χ1) is 14.9. The van der Waals surface area contributed by atoms with Crippen LogP contribution in [0.25, 0.3) is 0 Å². The predicted octanol–water partition coefficient (Wildman–Crippen LogP) is 3.36. The van der Waals surface area contributed by atoms with Crippen LogP contribution in [-0.4, -0.2) is 51.5 Å². The highest BCUT2D eigenvalue weighted by Crippen LogP contribution is 2.47. The summed E-state index contributed by atoms with van der Waals surface area (Å²) in [6.07, 6.45) is 3.26. The van der Waals surface area contributed by atoms with Gasteiger partial charge in [0.2, 0.25) is 0 Å². The van der Waals surface area contributed by atoms with Crippen LogP contribution in [0.3, 0.4) is 0 Å². The number of aryl methyl sites for hydroxylation is 1. The Balaban J connectivity index is 1.32. The number of piperidine rings is 1. The van der Waals surface area contributed by atoms with E-state index in [0.29, 0.717) is 55.6 Å². The van der Waals surface area contributed by atoms with Gasteiger partial charge in [0.15, 0.2) is 5.60 Å². The van der Waals surface area contributed by atoms with E-state index < -0.39 is 29.5 Å². The molecule has 8 heteroatoms. The number of aromatic nitrogens is 1. The molecule has 1 aromatic heterocycles. The zero-order valence-corrected chi connectivity index (χ0v) is 17.2. The van der Waals surface area contributed by atoms with Gasteiger partial charge in [-0.2, -0.15) is 0 Å². The summed E-state index contributed by atoms with van der Waals surface area (Å²) in [7, 11) is 0. The van der Waals surface area contributed by atoms with Crippen LogP contribution in [0.4, 0.5) is 8.78 Å². The normalized spacial score (nSPS) is 24.7. The molecular weight excluding hydrogens is 404 g/mol. The molecule has 2 amide bonds. The number of benzene rings is 1. The molecule has 162 valence electrons. The van der Waals surface area contributed by atoms with Gasteiger partial charge >= 0.3 is 0 Å². The van der Waals surface area contributed by atoms with Gasteiger partial charge in [-0.3, -0.25) is 14.6 Å². The highest BCUT2D eigenvalue weighted by Gasteiger charge is 2.58. The number of nitrogens with zero attached hydrogens (tertiary/aromatic N) is 3. The average Bonchev–Trinajstić information content (AvgIpc) is 3.26. The van der Waals surface area contributed by atoms with Crippen molar-refractivity contribution in [2.75, 3.05) is 13.1 Å². The minimum Gasteiger partial charge on any atom is -0.342 e. The lowest BCUT2D eigenvalue weighted by atomic mass is 9.89. The quantitative estimate of drug-likeness (QED) is 0.737. The predicted molar refractivity (Wildman–Crippen MR) is 107 cm³/mol. The second kappa shape index (κ2) is 7.37. The molecule has 31 heavy (non-hydrogen) atoms. The molecule has 3 aliphatic heterocycles. The van der Waals surface area contributed by atoms with Crippen molar-refractivity contribution in [2.24, 2.45) is 0 Å². The maximum absolute atomic E-state index is 13.7. The zero-order chi connectivity index (χ0) is 21.8. The summed E-state index contributed by atoms with van der Waals surface area (Å²) in [6.45, 7) is 2.60. The van der Waals surface area contributed by atoms with E-state index in [2.05, 4.69) is 4.98 Å². The molecular formula is C23H23F2N3O3. The Morgan fingerprint density at radius 3 is 2.55 bits per heavy atom. The molecule has 3 aliphatic rings. The van der Waals surface area contributed by atoms with Gasteiger partial charge in [0.1, 0.15) is 17.9 Å². The molecule has 0 radical (unpaired) electrons. The van der Waals surface area contributed by atoms with Crippen LogP contribution >= 0.6 is 0 Å². The number of carbonyl (C=O) groups excluding carboxylic acids is 2. The van der Waals surface area contributed by atoms with Gasteiger partial charge in [-0.05, 0) is 49.6 Å². The Morgan fingerprint density at radius 1 is 1.16 bits per heavy atom. The van der Waals surface area contributed by atoms with E-state index in [4.69, 9.17) is 4.74 Å². The molecule has 6 nitrogen and oxygen atoms in total. The minimum absolute atomic E-state index is 0.0977. The fraction of sp³-hybridized carbons (Fsp3) is 0.435. The van der Waals surface area contributed by atoms with Gasteiger partial charge in [-0.25, -0.2) is 8.78 Å². The fourth-order valence-electron chi connectivity index (χ4n) is 5.09. The highest BCUT2D eigenvalue weighted by atomic mass is 19.1. The van der Waals surface area contributed by atoms with E-state index in [1.165, 1.54) is 12.1 Å². The van der Waals surface area contributed by atoms with Crippen molar-refractivity contribution >= 4 is 11.8 Å². The lowest BCUT2D eigenvalue weighted by Crippen LogP contribution is -2.51. The van der Waals surface area contributed by atoms with Crippen molar-refractivity contribution in [2.45, 2.75) is 50.5 Å². The summed E-state index contributed by atoms with van der Waals surface area (Å²) in [6, 6.07) is 6.48. The topological polar surface area (TPSA) is 62.7 Å². The van der Waals surface area contributed by atoms with Gasteiger partial charge in [0, 0.05) is 43.9 Å². The smallest absolute Gasteiger partial charge is 0.257 e. The van der Waals surface area contributed by atoms with Crippen molar-refractivity contribution in [3.8, 4) is 0 Å². The molecule has 1 aromatic carbocycles. The number of rotatable bonds is 2. The van der Waals surface area contributed by atoms with E-state index >= 15 is 0 Å². The van der Waals surface area contributed by atoms with E-state index in [1.54, 1.807) is 35.1 Å². The number of hydrogen-bond donors (Lipinski definition) is 0. The molecule has 2 atom stereocenters. The molecule has 3 saturated heterocycles. The molecule has 0 saturated carbocycles. The molecule has 1 spiro atoms. The van der Waals surface area contributed by atoms with Crippen molar-refractivity contribution in [1.29, 1.82) is 0 Å². The molecule has 3 fully saturated rings. The SMILES string of the molecule is Cc1ncccc1C(=O)N1CCC2(CC1)OC1CC[C@@H](c3cc(F)cc(F)c3)N1C2=O. The minimum atomic E-state index is -0.976. The maximum Gasteiger partial charge on any atom is 0.257 e. The number of carbonyl (C=O) groups is 2. The number of halogens is 2. The summed E-state index contributed by atoms with van der Waals surface area (Å²) in [5, 5.41) is 0. The number of ether oxygens (including phenoxy) is 1. The van der Waals surface area contributed by atoms with Gasteiger partial charge < -0.3 is 14.5 Å². The van der Waals surface area contributed by atoms with E-state index in [0.717, 1.165) is 6.07 Å². The number of fused-ring (bicyclic) bond motifs is 1. The van der Waals surface area contributed by atoms with E-state index in [1.807, 2.05) is 0 Å². The standard InChI is InChI=1S/C23H23F2N3O3/c1-14-18(3-2-8-26-14)21(29)27-9-6-23(7-10-27)22(30)28-19(4-5-20(28)31-23)15-11-16(24)13-17(25)12-15/h2-3,8,11-13,19-20H,4-7,9-10H2,1H3/t19-,20?/m0/s1. The summed E-state index contributed by atoms with van der Waals surface area (Å²) >= 11 is 0. The van der Waals surface area contributed by atoms with Gasteiger partial charge in [0.05, 0.1) is 11.6 Å². The number of hydrogen-bond acceptors (Lipinski definition) is 4. The Kier molecular flexibility index (Phi) is 4.77. The van der Waals surface area contributed by atoms with Crippen LogP contribution in [0.2, 0.25) is 0 Å². The van der Waals surface area contributed by atoms with Crippen LogP contribution in [-0.2, 0) is 9.53 Å². The summed E-state index contributed by atoms with van der Waals surface area (Å²) in [4.78, 5) is 33.9. The van der Waals surface area contributed by atoms with Crippen LogP contribution in [0.1, 0.15) is 53.3 Å². The zero-order valence-electron chi connectivity index (χ0n) is 17.2. The first kappa shape index (κ1) is 20.1. The van der Waals surface area contributed by atoms with Crippen LogP contribution < -0.4 is 0 Å². The van der Waals surface area contributed by atoms with Crippen molar-refractivity contribution < 1.29 is 23.1 Å². The molecule has 4 heterocycles. The molecule has 0 bridgehead atoms. The third kappa shape index (κ3) is 3.29. The Hall–Kier alpha value is -2.87. The van der Waals surface area contributed by atoms with Crippen molar-refractivity contribution in [3.05, 3.63) is 65.0 Å². The van der Waals surface area contributed by atoms with Gasteiger partial charge in [0.25, 0.3) is 11.8 Å². The Morgan fingerprint density at radius 2 is 1.87 bits per heavy atom. The van der Waals surface area contributed by atoms with E-state index in [-0.39, 0.29) is 11.8 Å². The summed E-state index contributed by atoms with van der Waals surface area (Å²) in [5.74, 6) is -1.55. The maximum atomic E-state index is 13.7. The molecule has 2 aromatic rings. The molecule has 0 N–H and O–H groups in total. The van der Waals surface area contributed by atoms with Gasteiger partial charge in [-0.15, -0.1) is 0 Å². The van der Waals surface area contributed by atoms with Crippen molar-refractivity contribution in [3.63, 3.8) is 0 Å². The fourth-order valence-corrected chi connectivity index (χ4v) is 5.09. The monoisotopic (exact) mass is 427 g/mol. The van der Waals surface area contributed by atoms with Crippen LogP contribution in [0.5, 0.6) is 0 Å². The summed E-state index contributed by atoms with van der Waals surface area (Å²) < 4.78 is 33.7. The van der Waals surface area contributed by atoms with Crippen molar-refractivity contribution in [1.82, 2.24) is 14.8 Å². The molecule has 0 aliphatic carbocycles. The second-order valence-corrected chi connectivity index (χ2v) is 8.50. The second-order valence-electron chi connectivity index (χ2n) is 8.50. The molecule has 1 unspecified atom stereocenters. The Bertz CT molecular complexity index is 1030. The largest absolute Gasteiger partial charge is 0.342 e. The highest BCUT2D eigenvalue weighted by molar-refractivity contribution is 5.95. The van der Waals surface area contributed by atoms with Crippen LogP contribution in [0, 0.1) is 18.6 Å². The van der Waals surface area contributed by atoms with Crippen LogP contribution in [0.15, 0.2) is 36.5 Å². The lowest BCUT2D eigenvalue weighted by molar-refractivity contribution is -0.142. The lowest BCUT2D eigenvalue weighted by Gasteiger charge is -2.37. The average molecular weight is 427 g/mol.